The molecule has 1 saturated heterocycles. The number of likely N-dealkylation sites (tertiary alicyclic amines) is 1. The van der Waals surface area contributed by atoms with E-state index in [1.54, 1.807) is 6.92 Å². The van der Waals surface area contributed by atoms with E-state index in [2.05, 4.69) is 0 Å². The van der Waals surface area contributed by atoms with E-state index in [1.165, 1.54) is 4.90 Å². The molecule has 1 unspecified atom stereocenters. The van der Waals surface area contributed by atoms with Crippen molar-refractivity contribution in [2.45, 2.75) is 37.7 Å². The van der Waals surface area contributed by atoms with E-state index in [4.69, 9.17) is 11.6 Å². The number of piperidine rings is 1. The molecule has 1 aliphatic rings. The highest BCUT2D eigenvalue weighted by Gasteiger charge is 2.42. The molecule has 0 aromatic rings. The van der Waals surface area contributed by atoms with Gasteiger partial charge in [-0.2, -0.15) is 13.2 Å². The fourth-order valence-electron chi connectivity index (χ4n) is 1.80. The molecule has 6 heteroatoms. The van der Waals surface area contributed by atoms with Crippen LogP contribution in [0, 0.1) is 5.92 Å². The van der Waals surface area contributed by atoms with E-state index in [0.717, 1.165) is 0 Å². The zero-order valence-electron chi connectivity index (χ0n) is 9.06. The first-order valence-corrected chi connectivity index (χ1v) is 5.79. The first-order chi connectivity index (χ1) is 7.36. The number of carbonyl (C=O) groups excluding carboxylic acids is 1. The van der Waals surface area contributed by atoms with E-state index >= 15 is 0 Å². The number of carbonyl (C=O) groups is 1. The van der Waals surface area contributed by atoms with Crippen LogP contribution in [0.15, 0.2) is 0 Å². The molecule has 16 heavy (non-hydrogen) atoms. The average molecular weight is 258 g/mol. The fraction of sp³-hybridized carbons (Fsp3) is 0.900. The molecule has 1 atom stereocenters. The topological polar surface area (TPSA) is 20.3 Å². The number of alkyl halides is 4. The Balaban J connectivity index is 2.46. The van der Waals surface area contributed by atoms with Crippen molar-refractivity contribution in [1.82, 2.24) is 4.90 Å². The molecule has 0 aromatic carbocycles. The molecule has 1 heterocycles. The third-order valence-electron chi connectivity index (χ3n) is 2.90. The molecule has 1 amide bonds. The number of amides is 1. The van der Waals surface area contributed by atoms with Crippen molar-refractivity contribution < 1.29 is 18.0 Å². The Labute approximate surface area is 97.7 Å². The smallest absolute Gasteiger partial charge is 0.341 e. The Hall–Kier alpha value is -0.450. The van der Waals surface area contributed by atoms with Gasteiger partial charge in [-0.25, -0.2) is 0 Å². The molecule has 0 N–H and O–H groups in total. The van der Waals surface area contributed by atoms with Crippen molar-refractivity contribution in [2.75, 3.05) is 13.1 Å². The van der Waals surface area contributed by atoms with Gasteiger partial charge in [-0.05, 0) is 19.3 Å². The lowest BCUT2D eigenvalue weighted by molar-refractivity contribution is -0.186. The summed E-state index contributed by atoms with van der Waals surface area (Å²) in [7, 11) is 0. The monoisotopic (exact) mass is 257 g/mol. The number of halogens is 4. The number of rotatable bonds is 2. The van der Waals surface area contributed by atoms with Gasteiger partial charge in [0.2, 0.25) is 5.91 Å². The predicted molar refractivity (Wildman–Crippen MR) is 55.3 cm³/mol. The standard InChI is InChI=1S/C10H15ClF3NO/c1-2-8(11)9(16)15-5-3-7(4-6-15)10(12,13)14/h7-8H,2-6H2,1H3. The first kappa shape index (κ1) is 13.6. The summed E-state index contributed by atoms with van der Waals surface area (Å²) >= 11 is 5.76. The highest BCUT2D eigenvalue weighted by atomic mass is 35.5. The third kappa shape index (κ3) is 3.27. The Kier molecular flexibility index (Phi) is 4.47. The molecule has 1 fully saturated rings. The van der Waals surface area contributed by atoms with Crippen molar-refractivity contribution in [1.29, 1.82) is 0 Å². The normalized spacial score (nSPS) is 20.9. The maximum Gasteiger partial charge on any atom is 0.391 e. The van der Waals surface area contributed by atoms with E-state index in [9.17, 15) is 18.0 Å². The van der Waals surface area contributed by atoms with Crippen molar-refractivity contribution in [3.63, 3.8) is 0 Å². The van der Waals surface area contributed by atoms with Gasteiger partial charge in [0, 0.05) is 13.1 Å². The van der Waals surface area contributed by atoms with Crippen molar-refractivity contribution in [2.24, 2.45) is 5.92 Å². The second-order valence-corrected chi connectivity index (χ2v) is 4.54. The lowest BCUT2D eigenvalue weighted by Crippen LogP contribution is -2.44. The minimum absolute atomic E-state index is 0.0113. The summed E-state index contributed by atoms with van der Waals surface area (Å²) in [6.07, 6.45) is -3.66. The summed E-state index contributed by atoms with van der Waals surface area (Å²) in [6.45, 7) is 2.09. The summed E-state index contributed by atoms with van der Waals surface area (Å²) in [5, 5.41) is -0.609. The molecule has 1 rings (SSSR count). The molecule has 2 nitrogen and oxygen atoms in total. The molecule has 0 aliphatic carbocycles. The van der Waals surface area contributed by atoms with Crippen molar-refractivity contribution >= 4 is 17.5 Å². The minimum Gasteiger partial charge on any atom is -0.341 e. The Bertz CT molecular complexity index is 249. The minimum atomic E-state index is -4.14. The number of hydrogen-bond acceptors (Lipinski definition) is 1. The van der Waals surface area contributed by atoms with Crippen LogP contribution in [0.1, 0.15) is 26.2 Å². The average Bonchev–Trinajstić information content (AvgIpc) is 2.26. The van der Waals surface area contributed by atoms with Gasteiger partial charge in [-0.15, -0.1) is 11.6 Å². The van der Waals surface area contributed by atoms with Crippen LogP contribution in [0.5, 0.6) is 0 Å². The third-order valence-corrected chi connectivity index (χ3v) is 3.39. The largest absolute Gasteiger partial charge is 0.391 e. The van der Waals surface area contributed by atoms with Crippen LogP contribution in [0.25, 0.3) is 0 Å². The van der Waals surface area contributed by atoms with E-state index in [-0.39, 0.29) is 31.8 Å². The molecule has 0 bridgehead atoms. The maximum atomic E-state index is 12.4. The fourth-order valence-corrected chi connectivity index (χ4v) is 1.94. The van der Waals surface area contributed by atoms with Crippen LogP contribution in [-0.2, 0) is 4.79 Å². The van der Waals surface area contributed by atoms with Crippen LogP contribution < -0.4 is 0 Å². The van der Waals surface area contributed by atoms with Crippen molar-refractivity contribution in [3.8, 4) is 0 Å². The zero-order chi connectivity index (χ0) is 12.3. The SMILES string of the molecule is CCC(Cl)C(=O)N1CCC(C(F)(F)F)CC1. The molecule has 0 radical (unpaired) electrons. The Morgan fingerprint density at radius 3 is 2.31 bits per heavy atom. The van der Waals surface area contributed by atoms with Crippen LogP contribution in [-0.4, -0.2) is 35.4 Å². The first-order valence-electron chi connectivity index (χ1n) is 5.35. The molecule has 94 valence electrons. The quantitative estimate of drug-likeness (QED) is 0.697. The Morgan fingerprint density at radius 1 is 1.44 bits per heavy atom. The summed E-state index contributed by atoms with van der Waals surface area (Å²) < 4.78 is 37.1. The van der Waals surface area contributed by atoms with Gasteiger partial charge in [0.05, 0.1) is 5.92 Å². The molecule has 0 spiro atoms. The van der Waals surface area contributed by atoms with E-state index in [1.807, 2.05) is 0 Å². The van der Waals surface area contributed by atoms with Gasteiger partial charge in [-0.3, -0.25) is 4.79 Å². The molecule has 0 aromatic heterocycles. The van der Waals surface area contributed by atoms with Gasteiger partial charge >= 0.3 is 6.18 Å². The van der Waals surface area contributed by atoms with Gasteiger partial charge in [0.15, 0.2) is 0 Å². The summed E-state index contributed by atoms with van der Waals surface area (Å²) in [4.78, 5) is 13.0. The second kappa shape index (κ2) is 5.25. The molecule has 1 aliphatic heterocycles. The van der Waals surface area contributed by atoms with Gasteiger partial charge in [-0.1, -0.05) is 6.92 Å². The van der Waals surface area contributed by atoms with E-state index < -0.39 is 17.5 Å². The lowest BCUT2D eigenvalue weighted by Gasteiger charge is -2.33. The summed E-state index contributed by atoms with van der Waals surface area (Å²) in [5.74, 6) is -1.52. The van der Waals surface area contributed by atoms with Gasteiger partial charge in [0.25, 0.3) is 0 Å². The van der Waals surface area contributed by atoms with Gasteiger partial charge < -0.3 is 4.90 Å². The van der Waals surface area contributed by atoms with Crippen molar-refractivity contribution in [3.05, 3.63) is 0 Å². The lowest BCUT2D eigenvalue weighted by atomic mass is 9.96. The van der Waals surface area contributed by atoms with Crippen LogP contribution in [0.2, 0.25) is 0 Å². The summed E-state index contributed by atoms with van der Waals surface area (Å²) in [6, 6.07) is 0. The molecular weight excluding hydrogens is 243 g/mol. The van der Waals surface area contributed by atoms with Crippen LogP contribution in [0.3, 0.4) is 0 Å². The number of nitrogens with zero attached hydrogens (tertiary/aromatic N) is 1. The maximum absolute atomic E-state index is 12.4. The van der Waals surface area contributed by atoms with Crippen LogP contribution in [0.4, 0.5) is 13.2 Å². The molecular formula is C10H15ClF3NO. The second-order valence-electron chi connectivity index (χ2n) is 4.02. The zero-order valence-corrected chi connectivity index (χ0v) is 9.81. The van der Waals surface area contributed by atoms with Gasteiger partial charge in [0.1, 0.15) is 5.38 Å². The molecule has 0 saturated carbocycles. The highest BCUT2D eigenvalue weighted by Crippen LogP contribution is 2.34. The summed E-state index contributed by atoms with van der Waals surface area (Å²) in [5.41, 5.74) is 0. The predicted octanol–water partition coefficient (Wildman–Crippen LogP) is 2.80. The number of hydrogen-bond donors (Lipinski definition) is 0. The van der Waals surface area contributed by atoms with E-state index in [0.29, 0.717) is 6.42 Å². The van der Waals surface area contributed by atoms with Crippen LogP contribution >= 0.6 is 11.6 Å². The highest BCUT2D eigenvalue weighted by molar-refractivity contribution is 6.30. The Morgan fingerprint density at radius 2 is 1.94 bits per heavy atom.